The van der Waals surface area contributed by atoms with Gasteiger partial charge in [-0.05, 0) is 74.3 Å². The Balaban J connectivity index is 0.900. The third-order valence-corrected chi connectivity index (χ3v) is 13.8. The van der Waals surface area contributed by atoms with Crippen LogP contribution in [0.5, 0.6) is 0 Å². The lowest BCUT2D eigenvalue weighted by Crippen LogP contribution is -2.24. The van der Waals surface area contributed by atoms with Crippen LogP contribution < -0.4 is 5.32 Å². The summed E-state index contributed by atoms with van der Waals surface area (Å²) in [6.45, 7) is 0. The average molecular weight is 875 g/mol. The Kier molecular flexibility index (Phi) is 10.4. The van der Waals surface area contributed by atoms with Gasteiger partial charge in [-0.1, -0.05) is 218 Å². The highest BCUT2D eigenvalue weighted by Crippen LogP contribution is 2.45. The van der Waals surface area contributed by atoms with E-state index in [1.165, 1.54) is 48.0 Å². The Morgan fingerprint density at radius 3 is 1.61 bits per heavy atom. The van der Waals surface area contributed by atoms with E-state index in [1.807, 2.05) is 35.6 Å². The summed E-state index contributed by atoms with van der Waals surface area (Å²) in [6.07, 6.45) is 1.97. The minimum Gasteiger partial charge on any atom is -0.360 e. The van der Waals surface area contributed by atoms with E-state index < -0.39 is 0 Å². The summed E-state index contributed by atoms with van der Waals surface area (Å²) in [5.74, 6) is 0.711. The highest BCUT2D eigenvalue weighted by atomic mass is 32.1. The molecule has 1 aliphatic rings. The van der Waals surface area contributed by atoms with E-state index >= 15 is 0 Å². The number of thiophene rings is 1. The van der Waals surface area contributed by atoms with Gasteiger partial charge in [0.25, 0.3) is 0 Å². The molecule has 316 valence electrons. The molecular weight excluding hydrogens is 833 g/mol. The normalized spacial score (nSPS) is 13.5. The number of benzene rings is 9. The van der Waals surface area contributed by atoms with Gasteiger partial charge in [0, 0.05) is 42.6 Å². The zero-order chi connectivity index (χ0) is 44.5. The fourth-order valence-electron chi connectivity index (χ4n) is 9.15. The number of fused-ring (bicyclic) bond motifs is 3. The van der Waals surface area contributed by atoms with Gasteiger partial charge < -0.3 is 5.32 Å². The fraction of sp³-hybridized carbons (Fsp3) is 0.0161. The number of nitrogens with zero attached hydrogens (tertiary/aromatic N) is 3. The molecule has 1 N–H and O–H groups in total. The van der Waals surface area contributed by atoms with Gasteiger partial charge in [0.05, 0.1) is 17.1 Å². The molecule has 5 heteroatoms. The molecule has 0 amide bonds. The van der Waals surface area contributed by atoms with Crippen LogP contribution in [0.1, 0.15) is 22.9 Å². The van der Waals surface area contributed by atoms with Crippen LogP contribution in [-0.4, -0.2) is 15.7 Å². The first kappa shape index (κ1) is 40.0. The van der Waals surface area contributed by atoms with Crippen LogP contribution in [0.4, 0.5) is 0 Å². The molecule has 0 radical (unpaired) electrons. The lowest BCUT2D eigenvalue weighted by Gasteiger charge is -2.25. The van der Waals surface area contributed by atoms with Gasteiger partial charge in [-0.15, -0.1) is 11.3 Å². The van der Waals surface area contributed by atoms with Crippen LogP contribution in [0.3, 0.4) is 0 Å². The van der Waals surface area contributed by atoms with E-state index in [4.69, 9.17) is 15.0 Å². The molecule has 0 aliphatic carbocycles. The number of aromatic nitrogens is 2. The molecule has 0 fully saturated rings. The summed E-state index contributed by atoms with van der Waals surface area (Å²) in [6, 6.07) is 83.6. The third kappa shape index (κ3) is 7.92. The predicted molar refractivity (Wildman–Crippen MR) is 281 cm³/mol. The van der Waals surface area contributed by atoms with E-state index in [1.54, 1.807) is 0 Å². The Morgan fingerprint density at radius 1 is 0.388 bits per heavy atom. The van der Waals surface area contributed by atoms with Gasteiger partial charge in [-0.3, -0.25) is 4.99 Å². The van der Waals surface area contributed by atoms with Crippen molar-refractivity contribution in [3.8, 4) is 67.3 Å². The molecule has 0 bridgehead atoms. The SMILES string of the molecule is C1=C(c2cccc(-c3ccccc3)c2)NC(c2ccccc2)N=C1c1ccc(-c2ccc(-c3ccc(-c4cc(-c5ccccc5)nc(-c5ccccc5)n4)cc3)c3sc4ccccc4c23)cc1. The smallest absolute Gasteiger partial charge is 0.160 e. The van der Waals surface area contributed by atoms with Crippen LogP contribution in [-0.2, 0) is 0 Å². The Hall–Kier alpha value is -8.51. The standard InChI is InChI=1S/C62H42N4S/c1-5-16-41(17-6-1)49-24-15-25-50(38-49)57-40-56(65-62(66-57)48-22-11-4-12-23-48)45-32-28-42(29-33-45)51-36-37-52(60-59(51)53-26-13-14-27-58(53)67-60)43-30-34-46(35-31-43)55-39-54(44-18-7-2-8-19-44)63-61(64-55)47-20-9-3-10-21-47/h1-40,62,66H. The van der Waals surface area contributed by atoms with E-state index in [0.717, 1.165) is 61.7 Å². The number of aliphatic imine (C=N–C) groups is 1. The van der Waals surface area contributed by atoms with Crippen molar-refractivity contribution in [2.24, 2.45) is 4.99 Å². The molecule has 67 heavy (non-hydrogen) atoms. The fourth-order valence-corrected chi connectivity index (χ4v) is 10.4. The van der Waals surface area contributed by atoms with Crippen molar-refractivity contribution < 1.29 is 0 Å². The molecule has 12 rings (SSSR count). The van der Waals surface area contributed by atoms with E-state index in [-0.39, 0.29) is 6.17 Å². The van der Waals surface area contributed by atoms with Crippen molar-refractivity contribution in [1.82, 2.24) is 15.3 Å². The molecule has 1 unspecified atom stereocenters. The minimum absolute atomic E-state index is 0.228. The number of hydrogen-bond acceptors (Lipinski definition) is 5. The van der Waals surface area contributed by atoms with Gasteiger partial charge >= 0.3 is 0 Å². The summed E-state index contributed by atoms with van der Waals surface area (Å²) in [5, 5.41) is 6.29. The maximum absolute atomic E-state index is 5.29. The van der Waals surface area contributed by atoms with Crippen molar-refractivity contribution in [2.75, 3.05) is 0 Å². The first-order valence-electron chi connectivity index (χ1n) is 22.6. The second-order valence-electron chi connectivity index (χ2n) is 16.8. The average Bonchev–Trinajstić information content (AvgIpc) is 3.81. The summed E-state index contributed by atoms with van der Waals surface area (Å²) >= 11 is 1.86. The van der Waals surface area contributed by atoms with Crippen LogP contribution in [0.25, 0.3) is 93.2 Å². The first-order valence-corrected chi connectivity index (χ1v) is 23.4. The van der Waals surface area contributed by atoms with Crippen LogP contribution in [0.15, 0.2) is 248 Å². The third-order valence-electron chi connectivity index (χ3n) is 12.6. The molecule has 2 aromatic heterocycles. The van der Waals surface area contributed by atoms with Gasteiger partial charge in [-0.2, -0.15) is 0 Å². The number of rotatable bonds is 9. The van der Waals surface area contributed by atoms with Gasteiger partial charge in [0.15, 0.2) is 5.82 Å². The maximum atomic E-state index is 5.29. The van der Waals surface area contributed by atoms with Gasteiger partial charge in [0.1, 0.15) is 6.17 Å². The molecule has 1 aliphatic heterocycles. The quantitative estimate of drug-likeness (QED) is 0.157. The van der Waals surface area contributed by atoms with Crippen LogP contribution >= 0.6 is 11.3 Å². The van der Waals surface area contributed by atoms with Gasteiger partial charge in [-0.25, -0.2) is 9.97 Å². The lowest BCUT2D eigenvalue weighted by atomic mass is 9.93. The molecule has 4 nitrogen and oxygen atoms in total. The molecule has 3 heterocycles. The van der Waals surface area contributed by atoms with Gasteiger partial charge in [0.2, 0.25) is 0 Å². The number of hydrogen-bond donors (Lipinski definition) is 1. The zero-order valence-electron chi connectivity index (χ0n) is 36.4. The van der Waals surface area contributed by atoms with Crippen LogP contribution in [0.2, 0.25) is 0 Å². The Labute approximate surface area is 394 Å². The topological polar surface area (TPSA) is 50.2 Å². The van der Waals surface area contributed by atoms with Crippen LogP contribution in [0, 0.1) is 0 Å². The van der Waals surface area contributed by atoms with E-state index in [9.17, 15) is 0 Å². The molecule has 9 aromatic carbocycles. The second-order valence-corrected chi connectivity index (χ2v) is 17.8. The first-order chi connectivity index (χ1) is 33.2. The van der Waals surface area contributed by atoms with Crippen molar-refractivity contribution in [2.45, 2.75) is 6.17 Å². The monoisotopic (exact) mass is 874 g/mol. The molecule has 0 saturated heterocycles. The molecule has 11 aromatic rings. The van der Waals surface area contributed by atoms with Crippen molar-refractivity contribution in [3.05, 3.63) is 259 Å². The minimum atomic E-state index is -0.228. The summed E-state index contributed by atoms with van der Waals surface area (Å²) in [7, 11) is 0. The molecule has 1 atom stereocenters. The molecular formula is C62H42N4S. The highest BCUT2D eigenvalue weighted by molar-refractivity contribution is 7.26. The summed E-state index contributed by atoms with van der Waals surface area (Å²) in [4.78, 5) is 15.4. The lowest BCUT2D eigenvalue weighted by molar-refractivity contribution is 0.664. The summed E-state index contributed by atoms with van der Waals surface area (Å²) in [5.41, 5.74) is 17.3. The Morgan fingerprint density at radius 2 is 0.910 bits per heavy atom. The van der Waals surface area contributed by atoms with Crippen molar-refractivity contribution in [3.63, 3.8) is 0 Å². The van der Waals surface area contributed by atoms with Crippen molar-refractivity contribution >= 4 is 42.9 Å². The zero-order valence-corrected chi connectivity index (χ0v) is 37.2. The second kappa shape index (κ2) is 17.5. The van der Waals surface area contributed by atoms with Crippen molar-refractivity contribution in [1.29, 1.82) is 0 Å². The largest absolute Gasteiger partial charge is 0.360 e. The predicted octanol–water partition coefficient (Wildman–Crippen LogP) is 16.0. The maximum Gasteiger partial charge on any atom is 0.160 e. The van der Waals surface area contributed by atoms with E-state index in [2.05, 4.69) is 224 Å². The molecule has 0 saturated carbocycles. The Bertz CT molecular complexity index is 3560. The number of allylic oxidation sites excluding steroid dienone is 1. The summed E-state index contributed by atoms with van der Waals surface area (Å²) < 4.78 is 2.54. The number of nitrogens with one attached hydrogen (secondary N) is 1. The highest BCUT2D eigenvalue weighted by Gasteiger charge is 2.21. The van der Waals surface area contributed by atoms with E-state index in [0.29, 0.717) is 5.82 Å². The molecule has 0 spiro atoms.